The molecule has 1 atom stereocenters. The van der Waals surface area contributed by atoms with Crippen molar-refractivity contribution in [3.8, 4) is 0 Å². The van der Waals surface area contributed by atoms with Gasteiger partial charge in [0, 0.05) is 46.2 Å². The third-order valence-corrected chi connectivity index (χ3v) is 4.26. The number of nitrogens with one attached hydrogen (secondary N) is 1. The van der Waals surface area contributed by atoms with E-state index in [1.54, 1.807) is 29.0 Å². The summed E-state index contributed by atoms with van der Waals surface area (Å²) in [5.41, 5.74) is 0. The Hall–Kier alpha value is -2.51. The molecule has 3 rings (SSSR count). The molecule has 2 fully saturated rings. The Morgan fingerprint density at radius 1 is 1.35 bits per heavy atom. The number of rotatable bonds is 4. The van der Waals surface area contributed by atoms with Crippen LogP contribution in [0.4, 0.5) is 4.79 Å². The van der Waals surface area contributed by atoms with Crippen LogP contribution in [0.1, 0.15) is 17.0 Å². The molecule has 2 aliphatic rings. The van der Waals surface area contributed by atoms with E-state index in [2.05, 4.69) is 5.32 Å². The molecule has 0 aromatic carbocycles. The standard InChI is InChI=1S/C15H20N4O4/c1-17-9-11-10-18(6-7-19(11)15(17)22)13(20)4-5-16-14(21)12-3-2-8-23-12/h2-3,8,11H,4-7,9-10H2,1H3,(H,16,21)/t11-/m1/s1. The highest BCUT2D eigenvalue weighted by Crippen LogP contribution is 2.19. The van der Waals surface area contributed by atoms with Crippen LogP contribution in [0.5, 0.6) is 0 Å². The van der Waals surface area contributed by atoms with E-state index in [9.17, 15) is 14.4 Å². The zero-order chi connectivity index (χ0) is 16.4. The van der Waals surface area contributed by atoms with E-state index in [4.69, 9.17) is 4.42 Å². The molecule has 0 aliphatic carbocycles. The Kier molecular flexibility index (Phi) is 4.22. The lowest BCUT2D eigenvalue weighted by Gasteiger charge is -2.36. The molecule has 8 heteroatoms. The van der Waals surface area contributed by atoms with Crippen molar-refractivity contribution in [2.45, 2.75) is 12.5 Å². The van der Waals surface area contributed by atoms with Crippen molar-refractivity contribution < 1.29 is 18.8 Å². The van der Waals surface area contributed by atoms with Crippen LogP contribution in [0.25, 0.3) is 0 Å². The number of furan rings is 1. The topological polar surface area (TPSA) is 86.1 Å². The van der Waals surface area contributed by atoms with Crippen LogP contribution in [0.15, 0.2) is 22.8 Å². The lowest BCUT2D eigenvalue weighted by atomic mass is 10.2. The third kappa shape index (κ3) is 3.15. The van der Waals surface area contributed by atoms with E-state index in [0.29, 0.717) is 26.2 Å². The molecule has 124 valence electrons. The SMILES string of the molecule is CN1C[C@@H]2CN(C(=O)CCNC(=O)c3ccco3)CCN2C1=O. The van der Waals surface area contributed by atoms with E-state index >= 15 is 0 Å². The van der Waals surface area contributed by atoms with Gasteiger partial charge in [-0.15, -0.1) is 0 Å². The normalized spacial score (nSPS) is 20.7. The van der Waals surface area contributed by atoms with Crippen LogP contribution in [0.3, 0.4) is 0 Å². The first-order valence-corrected chi connectivity index (χ1v) is 7.67. The number of fused-ring (bicyclic) bond motifs is 1. The Labute approximate surface area is 134 Å². The van der Waals surface area contributed by atoms with Crippen LogP contribution < -0.4 is 5.32 Å². The fourth-order valence-corrected chi connectivity index (χ4v) is 3.04. The lowest BCUT2D eigenvalue weighted by molar-refractivity contribution is -0.133. The molecule has 4 amide bonds. The predicted octanol–water partition coefficient (Wildman–Crippen LogP) is -0.0223. The summed E-state index contributed by atoms with van der Waals surface area (Å²) in [4.78, 5) is 41.1. The smallest absolute Gasteiger partial charge is 0.320 e. The molecule has 0 spiro atoms. The van der Waals surface area contributed by atoms with Gasteiger partial charge in [-0.2, -0.15) is 0 Å². The molecular weight excluding hydrogens is 300 g/mol. The molecule has 2 saturated heterocycles. The van der Waals surface area contributed by atoms with Crippen LogP contribution in [0.2, 0.25) is 0 Å². The van der Waals surface area contributed by atoms with Crippen LogP contribution in [-0.4, -0.2) is 78.4 Å². The zero-order valence-corrected chi connectivity index (χ0v) is 13.0. The molecule has 0 radical (unpaired) electrons. The largest absolute Gasteiger partial charge is 0.459 e. The number of amides is 4. The van der Waals surface area contributed by atoms with E-state index in [1.807, 2.05) is 4.90 Å². The molecule has 1 aromatic heterocycles. The Balaban J connectivity index is 1.44. The first kappa shape index (κ1) is 15.4. The number of likely N-dealkylation sites (N-methyl/N-ethyl adjacent to an activating group) is 1. The zero-order valence-electron chi connectivity index (χ0n) is 13.0. The summed E-state index contributed by atoms with van der Waals surface area (Å²) in [6.45, 7) is 2.58. The second kappa shape index (κ2) is 6.31. The molecule has 1 aromatic rings. The molecule has 8 nitrogen and oxygen atoms in total. The highest BCUT2D eigenvalue weighted by Gasteiger charge is 2.39. The van der Waals surface area contributed by atoms with Gasteiger partial charge in [0.2, 0.25) is 5.91 Å². The van der Waals surface area contributed by atoms with Crippen molar-refractivity contribution in [1.29, 1.82) is 0 Å². The first-order chi connectivity index (χ1) is 11.1. The average molecular weight is 320 g/mol. The quantitative estimate of drug-likeness (QED) is 0.844. The predicted molar refractivity (Wildman–Crippen MR) is 80.8 cm³/mol. The first-order valence-electron chi connectivity index (χ1n) is 7.67. The van der Waals surface area contributed by atoms with Crippen molar-refractivity contribution in [1.82, 2.24) is 20.0 Å². The molecule has 2 aliphatic heterocycles. The fraction of sp³-hybridized carbons (Fsp3) is 0.533. The minimum Gasteiger partial charge on any atom is -0.459 e. The van der Waals surface area contributed by atoms with Gasteiger partial charge in [-0.1, -0.05) is 0 Å². The average Bonchev–Trinajstić information content (AvgIpc) is 3.16. The van der Waals surface area contributed by atoms with Gasteiger partial charge in [0.15, 0.2) is 5.76 Å². The number of hydrogen-bond donors (Lipinski definition) is 1. The van der Waals surface area contributed by atoms with Crippen LogP contribution in [0, 0.1) is 0 Å². The van der Waals surface area contributed by atoms with Gasteiger partial charge in [-0.05, 0) is 12.1 Å². The fourth-order valence-electron chi connectivity index (χ4n) is 3.04. The second-order valence-electron chi connectivity index (χ2n) is 5.83. The molecule has 0 unspecified atom stereocenters. The lowest BCUT2D eigenvalue weighted by Crippen LogP contribution is -2.54. The number of hydrogen-bond acceptors (Lipinski definition) is 4. The Morgan fingerprint density at radius 2 is 2.17 bits per heavy atom. The molecule has 1 N–H and O–H groups in total. The number of carbonyl (C=O) groups excluding carboxylic acids is 3. The Bertz CT molecular complexity index is 601. The third-order valence-electron chi connectivity index (χ3n) is 4.26. The van der Waals surface area contributed by atoms with Crippen molar-refractivity contribution >= 4 is 17.8 Å². The summed E-state index contributed by atoms with van der Waals surface area (Å²) in [5, 5.41) is 2.66. The summed E-state index contributed by atoms with van der Waals surface area (Å²) in [6, 6.07) is 3.32. The molecule has 0 saturated carbocycles. The van der Waals surface area contributed by atoms with Crippen molar-refractivity contribution in [3.05, 3.63) is 24.2 Å². The molecule has 23 heavy (non-hydrogen) atoms. The maximum atomic E-state index is 12.3. The summed E-state index contributed by atoms with van der Waals surface area (Å²) >= 11 is 0. The summed E-state index contributed by atoms with van der Waals surface area (Å²) in [6.07, 6.45) is 1.67. The highest BCUT2D eigenvalue weighted by molar-refractivity contribution is 5.91. The van der Waals surface area contributed by atoms with Crippen molar-refractivity contribution in [2.24, 2.45) is 0 Å². The van der Waals surface area contributed by atoms with Crippen LogP contribution >= 0.6 is 0 Å². The van der Waals surface area contributed by atoms with E-state index in [0.717, 1.165) is 0 Å². The van der Waals surface area contributed by atoms with Crippen molar-refractivity contribution in [3.63, 3.8) is 0 Å². The second-order valence-corrected chi connectivity index (χ2v) is 5.83. The minimum absolute atomic E-state index is 0.00797. The van der Waals surface area contributed by atoms with E-state index in [1.165, 1.54) is 6.26 Å². The molecule has 3 heterocycles. The monoisotopic (exact) mass is 320 g/mol. The van der Waals surface area contributed by atoms with Gasteiger partial charge in [0.05, 0.1) is 12.3 Å². The van der Waals surface area contributed by atoms with Gasteiger partial charge in [0.25, 0.3) is 5.91 Å². The van der Waals surface area contributed by atoms with Crippen molar-refractivity contribution in [2.75, 3.05) is 39.8 Å². The van der Waals surface area contributed by atoms with E-state index < -0.39 is 0 Å². The minimum atomic E-state index is -0.323. The number of carbonyl (C=O) groups is 3. The maximum absolute atomic E-state index is 12.3. The van der Waals surface area contributed by atoms with Gasteiger partial charge in [-0.3, -0.25) is 9.59 Å². The van der Waals surface area contributed by atoms with E-state index in [-0.39, 0.29) is 42.6 Å². The summed E-state index contributed by atoms with van der Waals surface area (Å²) < 4.78 is 4.99. The number of nitrogens with zero attached hydrogens (tertiary/aromatic N) is 3. The van der Waals surface area contributed by atoms with Gasteiger partial charge in [0.1, 0.15) is 0 Å². The summed E-state index contributed by atoms with van der Waals surface area (Å²) in [5.74, 6) is -0.0967. The summed E-state index contributed by atoms with van der Waals surface area (Å²) in [7, 11) is 1.77. The van der Waals surface area contributed by atoms with Gasteiger partial charge >= 0.3 is 6.03 Å². The highest BCUT2D eigenvalue weighted by atomic mass is 16.3. The van der Waals surface area contributed by atoms with Crippen LogP contribution in [-0.2, 0) is 4.79 Å². The maximum Gasteiger partial charge on any atom is 0.320 e. The molecule has 0 bridgehead atoms. The number of urea groups is 1. The van der Waals surface area contributed by atoms with Gasteiger partial charge in [-0.25, -0.2) is 4.79 Å². The van der Waals surface area contributed by atoms with Gasteiger partial charge < -0.3 is 24.4 Å². The molecular formula is C15H20N4O4. The number of piperazine rings is 1. The Morgan fingerprint density at radius 3 is 2.91 bits per heavy atom.